The van der Waals surface area contributed by atoms with Crippen LogP contribution in [-0.4, -0.2) is 28.1 Å². The maximum Gasteiger partial charge on any atom is 0.249 e. The highest BCUT2D eigenvalue weighted by Crippen LogP contribution is 2.26. The number of aromatic nitrogens is 2. The van der Waals surface area contributed by atoms with Crippen molar-refractivity contribution >= 4 is 28.3 Å². The van der Waals surface area contributed by atoms with E-state index in [4.69, 9.17) is 0 Å². The Labute approximate surface area is 172 Å². The molecule has 1 heterocycles. The van der Waals surface area contributed by atoms with Crippen LogP contribution in [0.2, 0.25) is 0 Å². The molecular formula is C21H21FN4O2S. The van der Waals surface area contributed by atoms with Crippen LogP contribution in [0.15, 0.2) is 54.6 Å². The molecular weight excluding hydrogens is 391 g/mol. The summed E-state index contributed by atoms with van der Waals surface area (Å²) in [7, 11) is 0. The highest BCUT2D eigenvalue weighted by atomic mass is 32.1. The summed E-state index contributed by atoms with van der Waals surface area (Å²) >= 11 is 1.18. The van der Waals surface area contributed by atoms with Crippen molar-refractivity contribution in [2.75, 3.05) is 5.32 Å². The molecule has 0 aliphatic heterocycles. The monoisotopic (exact) mass is 412 g/mol. The maximum absolute atomic E-state index is 13.1. The molecule has 29 heavy (non-hydrogen) atoms. The standard InChI is InChI=1S/C21H21FN4O2S/c1-13(2)18(27)23-17(12-14-6-4-3-5-7-14)19(28)24-21-26-25-20(29-21)15-8-10-16(22)11-9-15/h3-11,13,17H,12H2,1-2H3,(H,23,27)(H,24,26,28). The first-order valence-corrected chi connectivity index (χ1v) is 9.98. The zero-order valence-corrected chi connectivity index (χ0v) is 16.9. The summed E-state index contributed by atoms with van der Waals surface area (Å²) in [4.78, 5) is 25.0. The van der Waals surface area contributed by atoms with E-state index in [0.717, 1.165) is 5.56 Å². The second-order valence-electron chi connectivity index (χ2n) is 6.81. The number of rotatable bonds is 7. The van der Waals surface area contributed by atoms with Crippen LogP contribution >= 0.6 is 11.3 Å². The molecule has 0 fully saturated rings. The van der Waals surface area contributed by atoms with Gasteiger partial charge in [0.15, 0.2) is 0 Å². The van der Waals surface area contributed by atoms with Gasteiger partial charge in [0, 0.05) is 17.9 Å². The molecule has 1 aromatic heterocycles. The molecule has 8 heteroatoms. The van der Waals surface area contributed by atoms with Gasteiger partial charge in [0.1, 0.15) is 16.9 Å². The van der Waals surface area contributed by atoms with Gasteiger partial charge < -0.3 is 5.32 Å². The van der Waals surface area contributed by atoms with Crippen molar-refractivity contribution in [3.63, 3.8) is 0 Å². The first kappa shape index (κ1) is 20.6. The quantitative estimate of drug-likeness (QED) is 0.620. The van der Waals surface area contributed by atoms with Crippen LogP contribution < -0.4 is 10.6 Å². The maximum atomic E-state index is 13.1. The lowest BCUT2D eigenvalue weighted by Crippen LogP contribution is -2.46. The number of hydrogen-bond donors (Lipinski definition) is 2. The van der Waals surface area contributed by atoms with Gasteiger partial charge in [-0.2, -0.15) is 0 Å². The van der Waals surface area contributed by atoms with E-state index in [-0.39, 0.29) is 23.5 Å². The van der Waals surface area contributed by atoms with Crippen molar-refractivity contribution in [1.82, 2.24) is 15.5 Å². The Morgan fingerprint density at radius 1 is 1.00 bits per heavy atom. The summed E-state index contributed by atoms with van der Waals surface area (Å²) in [6.07, 6.45) is 0.356. The number of hydrogen-bond acceptors (Lipinski definition) is 5. The number of carbonyl (C=O) groups excluding carboxylic acids is 2. The number of benzene rings is 2. The van der Waals surface area contributed by atoms with Gasteiger partial charge in [-0.1, -0.05) is 55.5 Å². The van der Waals surface area contributed by atoms with Gasteiger partial charge in [0.2, 0.25) is 16.9 Å². The highest BCUT2D eigenvalue weighted by Gasteiger charge is 2.23. The summed E-state index contributed by atoms with van der Waals surface area (Å²) in [5, 5.41) is 14.4. The zero-order valence-electron chi connectivity index (χ0n) is 16.1. The molecule has 3 rings (SSSR count). The molecule has 2 N–H and O–H groups in total. The number of anilines is 1. The van der Waals surface area contributed by atoms with Crippen LogP contribution in [-0.2, 0) is 16.0 Å². The van der Waals surface area contributed by atoms with Gasteiger partial charge >= 0.3 is 0 Å². The fourth-order valence-corrected chi connectivity index (χ4v) is 3.32. The topological polar surface area (TPSA) is 84.0 Å². The van der Waals surface area contributed by atoms with Crippen LogP contribution in [0.1, 0.15) is 19.4 Å². The van der Waals surface area contributed by atoms with E-state index >= 15 is 0 Å². The Balaban J connectivity index is 1.73. The molecule has 0 saturated heterocycles. The molecule has 3 aromatic rings. The number of carbonyl (C=O) groups is 2. The summed E-state index contributed by atoms with van der Waals surface area (Å²) in [5.74, 6) is -1.15. The Hall–Kier alpha value is -3.13. The first-order chi connectivity index (χ1) is 13.9. The lowest BCUT2D eigenvalue weighted by molar-refractivity contribution is -0.128. The molecule has 2 amide bonds. The summed E-state index contributed by atoms with van der Waals surface area (Å²) in [5.41, 5.74) is 1.64. The van der Waals surface area contributed by atoms with Gasteiger partial charge in [-0.15, -0.1) is 10.2 Å². The van der Waals surface area contributed by atoms with Crippen molar-refractivity contribution in [1.29, 1.82) is 0 Å². The predicted octanol–water partition coefficient (Wildman–Crippen LogP) is 3.67. The van der Waals surface area contributed by atoms with Crippen molar-refractivity contribution in [2.24, 2.45) is 5.92 Å². The fourth-order valence-electron chi connectivity index (χ4n) is 2.57. The summed E-state index contributed by atoms with van der Waals surface area (Å²) < 4.78 is 13.1. The Morgan fingerprint density at radius 3 is 2.34 bits per heavy atom. The van der Waals surface area contributed by atoms with E-state index in [9.17, 15) is 14.0 Å². The number of amides is 2. The smallest absolute Gasteiger partial charge is 0.249 e. The second-order valence-corrected chi connectivity index (χ2v) is 7.79. The largest absolute Gasteiger partial charge is 0.344 e. The third-order valence-corrected chi connectivity index (χ3v) is 5.07. The molecule has 0 saturated carbocycles. The molecule has 0 spiro atoms. The highest BCUT2D eigenvalue weighted by molar-refractivity contribution is 7.18. The third-order valence-electron chi connectivity index (χ3n) is 4.19. The van der Waals surface area contributed by atoms with E-state index < -0.39 is 6.04 Å². The summed E-state index contributed by atoms with van der Waals surface area (Å²) in [6.45, 7) is 3.54. The minimum absolute atomic E-state index is 0.203. The normalized spacial score (nSPS) is 11.9. The summed E-state index contributed by atoms with van der Waals surface area (Å²) in [6, 6.07) is 14.6. The van der Waals surface area contributed by atoms with Crippen LogP contribution in [0.3, 0.4) is 0 Å². The molecule has 1 atom stereocenters. The predicted molar refractivity (Wildman–Crippen MR) is 111 cm³/mol. The van der Waals surface area contributed by atoms with Gasteiger partial charge in [0.05, 0.1) is 0 Å². The molecule has 0 radical (unpaired) electrons. The van der Waals surface area contributed by atoms with Crippen molar-refractivity contribution in [2.45, 2.75) is 26.3 Å². The zero-order chi connectivity index (χ0) is 20.8. The van der Waals surface area contributed by atoms with Crippen LogP contribution in [0.25, 0.3) is 10.6 Å². The van der Waals surface area contributed by atoms with E-state index in [1.807, 2.05) is 30.3 Å². The van der Waals surface area contributed by atoms with E-state index in [2.05, 4.69) is 20.8 Å². The van der Waals surface area contributed by atoms with Gasteiger partial charge in [-0.25, -0.2) is 4.39 Å². The molecule has 0 aliphatic carbocycles. The molecule has 150 valence electrons. The second kappa shape index (κ2) is 9.38. The van der Waals surface area contributed by atoms with Crippen molar-refractivity contribution in [3.8, 4) is 10.6 Å². The fraction of sp³-hybridized carbons (Fsp3) is 0.238. The Morgan fingerprint density at radius 2 is 1.69 bits per heavy atom. The van der Waals surface area contributed by atoms with Gasteiger partial charge in [-0.05, 0) is 29.8 Å². The minimum atomic E-state index is -0.745. The van der Waals surface area contributed by atoms with Crippen LogP contribution in [0.5, 0.6) is 0 Å². The lowest BCUT2D eigenvalue weighted by Gasteiger charge is -2.19. The number of nitrogens with zero attached hydrogens (tertiary/aromatic N) is 2. The Bertz CT molecular complexity index is 974. The van der Waals surface area contributed by atoms with Crippen LogP contribution in [0, 0.1) is 11.7 Å². The average molecular weight is 412 g/mol. The molecule has 2 aromatic carbocycles. The van der Waals surface area contributed by atoms with E-state index in [1.54, 1.807) is 26.0 Å². The van der Waals surface area contributed by atoms with Crippen LogP contribution in [0.4, 0.5) is 9.52 Å². The van der Waals surface area contributed by atoms with Gasteiger partial charge in [0.25, 0.3) is 0 Å². The average Bonchev–Trinajstić information content (AvgIpc) is 3.17. The van der Waals surface area contributed by atoms with E-state index in [1.165, 1.54) is 23.5 Å². The first-order valence-electron chi connectivity index (χ1n) is 9.17. The SMILES string of the molecule is CC(C)C(=O)NC(Cc1ccccc1)C(=O)Nc1nnc(-c2ccc(F)cc2)s1. The number of nitrogens with one attached hydrogen (secondary N) is 2. The Kier molecular flexibility index (Phi) is 6.66. The third kappa shape index (κ3) is 5.68. The minimum Gasteiger partial charge on any atom is -0.344 e. The van der Waals surface area contributed by atoms with Crippen molar-refractivity contribution in [3.05, 3.63) is 66.0 Å². The lowest BCUT2D eigenvalue weighted by atomic mass is 10.0. The molecule has 0 bridgehead atoms. The van der Waals surface area contributed by atoms with Crippen molar-refractivity contribution < 1.29 is 14.0 Å². The molecule has 1 unspecified atom stereocenters. The van der Waals surface area contributed by atoms with E-state index in [0.29, 0.717) is 22.1 Å². The number of halogens is 1. The van der Waals surface area contributed by atoms with Gasteiger partial charge in [-0.3, -0.25) is 14.9 Å². The molecule has 0 aliphatic rings. The molecule has 6 nitrogen and oxygen atoms in total.